The summed E-state index contributed by atoms with van der Waals surface area (Å²) >= 11 is 0. The number of carboxylic acids is 1. The summed E-state index contributed by atoms with van der Waals surface area (Å²) in [7, 11) is -7.90. The number of hydrogen-bond donors (Lipinski definition) is 3. The Bertz CT molecular complexity index is 3710. The number of nitrogens with zero attached hydrogens (tertiary/aromatic N) is 4. The van der Waals surface area contributed by atoms with Gasteiger partial charge in [-0.1, -0.05) is 12.2 Å². The molecule has 8 rings (SSSR count). The van der Waals surface area contributed by atoms with Crippen LogP contribution in [0.15, 0.2) is 116 Å². The maximum Gasteiger partial charge on any atom is 0.344 e. The molecular weight excluding hydrogens is 1060 g/mol. The maximum atomic E-state index is 13.1. The van der Waals surface area contributed by atoms with Gasteiger partial charge in [0, 0.05) is 120 Å². The fraction of sp³-hybridized carbons (Fsp3) is 0.433. The molecule has 0 bridgehead atoms. The third-order valence-corrected chi connectivity index (χ3v) is 15.8. The number of allylic oxidation sites excluding steroid dienone is 2. The molecule has 18 nitrogen and oxygen atoms in total. The molecule has 0 unspecified atom stereocenters. The lowest BCUT2D eigenvalue weighted by Crippen LogP contribution is -2.45. The van der Waals surface area contributed by atoms with E-state index in [1.165, 1.54) is 0 Å². The van der Waals surface area contributed by atoms with Gasteiger partial charge in [-0.3, -0.25) is 18.7 Å². The van der Waals surface area contributed by atoms with E-state index in [2.05, 4.69) is 62.6 Å². The van der Waals surface area contributed by atoms with E-state index in [9.17, 15) is 36.0 Å². The zero-order valence-electron chi connectivity index (χ0n) is 47.1. The monoisotopic (exact) mass is 1140 g/mol. The predicted molar refractivity (Wildman–Crippen MR) is 310 cm³/mol. The van der Waals surface area contributed by atoms with Crippen molar-refractivity contribution >= 4 is 76.6 Å². The molecule has 2 aliphatic rings. The van der Waals surface area contributed by atoms with E-state index in [0.29, 0.717) is 99.0 Å². The van der Waals surface area contributed by atoms with Crippen LogP contribution in [-0.4, -0.2) is 84.3 Å². The molecule has 0 fully saturated rings. The summed E-state index contributed by atoms with van der Waals surface area (Å²) in [6.45, 7) is 20.5. The van der Waals surface area contributed by atoms with Crippen LogP contribution in [0, 0.1) is 0 Å². The molecule has 0 amide bonds. The van der Waals surface area contributed by atoms with Crippen molar-refractivity contribution in [2.24, 2.45) is 0 Å². The van der Waals surface area contributed by atoms with Gasteiger partial charge in [-0.15, -0.1) is 0 Å². The van der Waals surface area contributed by atoms with E-state index in [0.717, 1.165) is 50.0 Å². The zero-order valence-corrected chi connectivity index (χ0v) is 48.7. The number of aryl methyl sites for hydroxylation is 2. The number of hydrogen-bond acceptors (Lipinski definition) is 13. The summed E-state index contributed by atoms with van der Waals surface area (Å²) in [6, 6.07) is 18.8. The molecule has 428 valence electrons. The lowest BCUT2D eigenvalue weighted by Gasteiger charge is -2.43. The van der Waals surface area contributed by atoms with Gasteiger partial charge in [0.2, 0.25) is 0 Å². The zero-order chi connectivity index (χ0) is 58.5. The highest BCUT2D eigenvalue weighted by Crippen LogP contribution is 2.43. The molecule has 0 spiro atoms. The van der Waals surface area contributed by atoms with Crippen LogP contribution in [0.1, 0.15) is 125 Å². The molecule has 0 radical (unpaired) electrons. The lowest BCUT2D eigenvalue weighted by molar-refractivity contribution is -0.697. The van der Waals surface area contributed by atoms with Crippen molar-refractivity contribution in [1.29, 1.82) is 0 Å². The first kappa shape index (κ1) is 60.6. The molecule has 2 aliphatic heterocycles. The van der Waals surface area contributed by atoms with Gasteiger partial charge in [-0.05, 0) is 123 Å². The van der Waals surface area contributed by atoms with E-state index in [1.54, 1.807) is 0 Å². The number of benzene rings is 2. The Morgan fingerprint density at radius 3 is 1.32 bits per heavy atom. The number of carboxylic acid groups (broad SMARTS) is 1. The fourth-order valence-corrected chi connectivity index (χ4v) is 11.6. The SMILES string of the molecule is CC1=CC(C)(C)N(CCCC(=O)O)c2cc3oc(=O)c(-c4cc[n+](CCCCS(=O)(=O)O)cc4)cc3cc21.CC1=CC(C)(C)N(CCCC(=O)OC(C)(C)C)c2cc3oc(=O)c(-c4cc[n+](CCCCS(=O)(=O)O)cc4)cc3cc21. The second-order valence-corrected chi connectivity index (χ2v) is 25.9. The Balaban J connectivity index is 0.000000232. The highest BCUT2D eigenvalue weighted by molar-refractivity contribution is 7.86. The van der Waals surface area contributed by atoms with Crippen LogP contribution in [0.3, 0.4) is 0 Å². The Hall–Kier alpha value is -7.00. The van der Waals surface area contributed by atoms with E-state index < -0.39 is 43.1 Å². The van der Waals surface area contributed by atoms with Gasteiger partial charge in [0.15, 0.2) is 24.8 Å². The highest BCUT2D eigenvalue weighted by atomic mass is 32.2. The van der Waals surface area contributed by atoms with E-state index in [-0.39, 0.29) is 35.0 Å². The molecule has 3 N–H and O–H groups in total. The van der Waals surface area contributed by atoms with Gasteiger partial charge in [-0.2, -0.15) is 16.8 Å². The Kier molecular flexibility index (Phi) is 18.5. The average Bonchev–Trinajstić information content (AvgIpc) is 3.35. The first-order valence-corrected chi connectivity index (χ1v) is 30.1. The van der Waals surface area contributed by atoms with Gasteiger partial charge in [0.25, 0.3) is 20.2 Å². The molecule has 80 heavy (non-hydrogen) atoms. The lowest BCUT2D eigenvalue weighted by atomic mass is 9.87. The summed E-state index contributed by atoms with van der Waals surface area (Å²) in [6.07, 6.45) is 15.1. The molecule has 0 saturated heterocycles. The summed E-state index contributed by atoms with van der Waals surface area (Å²) < 4.78 is 82.1. The van der Waals surface area contributed by atoms with Crippen molar-refractivity contribution in [2.75, 3.05) is 34.4 Å². The topological polar surface area (TPSA) is 247 Å². The van der Waals surface area contributed by atoms with Gasteiger partial charge in [0.1, 0.15) is 29.9 Å². The molecule has 6 heterocycles. The largest absolute Gasteiger partial charge is 0.481 e. The van der Waals surface area contributed by atoms with Crippen molar-refractivity contribution in [3.05, 3.63) is 130 Å². The van der Waals surface area contributed by atoms with Crippen molar-refractivity contribution in [3.8, 4) is 22.3 Å². The first-order valence-electron chi connectivity index (χ1n) is 26.9. The summed E-state index contributed by atoms with van der Waals surface area (Å²) in [4.78, 5) is 53.8. The quantitative estimate of drug-likeness (QED) is 0.0212. The van der Waals surface area contributed by atoms with Crippen LogP contribution in [0.4, 0.5) is 11.4 Å². The number of aliphatic carboxylic acids is 1. The standard InChI is InChI=1S/C32H40N2O7S.C28H32N2O7S/c1-22-21-32(5,6)34(14-9-10-29(35)41-31(2,3)4)27-20-28-24(18-25(22)27)19-26(30(36)40-28)23-11-15-33(16-12-23)13-7-8-17-42(37,38)39;1-19-18-28(2,3)30(11-6-7-26(31)32)24-17-25-21(15-22(19)24)16-23(27(33)37-25)20-8-12-29(13-9-20)10-4-5-14-38(34,35)36/h11-12,15-16,18-21H,7-10,13-14,17H2,1-6H3;8-9,12-13,15-18H,4-7,10-11,14H2,1-3H3,(H-,31,32,34,35,36)/p+2. The number of ether oxygens (including phenoxy) is 1. The van der Waals surface area contributed by atoms with Gasteiger partial charge < -0.3 is 28.5 Å². The number of aromatic nitrogens is 2. The number of fused-ring (bicyclic) bond motifs is 4. The summed E-state index contributed by atoms with van der Waals surface area (Å²) in [5.41, 5.74) is 7.41. The number of unbranched alkanes of at least 4 members (excludes halogenated alkanes) is 2. The molecule has 6 aromatic rings. The van der Waals surface area contributed by atoms with Crippen molar-refractivity contribution in [1.82, 2.24) is 0 Å². The summed E-state index contributed by atoms with van der Waals surface area (Å²) in [5, 5.41) is 10.7. The van der Waals surface area contributed by atoms with Crippen LogP contribution in [-0.2, 0) is 47.7 Å². The van der Waals surface area contributed by atoms with Crippen LogP contribution < -0.4 is 30.2 Å². The minimum atomic E-state index is -3.95. The van der Waals surface area contributed by atoms with Gasteiger partial charge >= 0.3 is 23.2 Å². The third-order valence-electron chi connectivity index (χ3n) is 14.2. The van der Waals surface area contributed by atoms with Crippen LogP contribution >= 0.6 is 0 Å². The normalized spacial score (nSPS) is 14.9. The summed E-state index contributed by atoms with van der Waals surface area (Å²) in [5.74, 6) is -1.57. The fourth-order valence-electron chi connectivity index (χ4n) is 10.5. The van der Waals surface area contributed by atoms with Gasteiger partial charge in [-0.25, -0.2) is 18.7 Å². The molecule has 0 atom stereocenters. The smallest absolute Gasteiger partial charge is 0.344 e. The molecule has 20 heteroatoms. The van der Waals surface area contributed by atoms with Crippen LogP contribution in [0.25, 0.3) is 55.3 Å². The minimum Gasteiger partial charge on any atom is -0.481 e. The minimum absolute atomic E-state index is 0.0816. The number of carbonyl (C=O) groups excluding carboxylic acids is 1. The van der Waals surface area contributed by atoms with Crippen LogP contribution in [0.5, 0.6) is 0 Å². The second-order valence-electron chi connectivity index (χ2n) is 22.8. The molecular formula is C60H74N4O14S2+2. The Labute approximate surface area is 467 Å². The van der Waals surface area contributed by atoms with E-state index in [4.69, 9.17) is 27.8 Å². The van der Waals surface area contributed by atoms with Gasteiger partial charge in [0.05, 0.1) is 33.7 Å². The maximum absolute atomic E-state index is 13.1. The first-order chi connectivity index (χ1) is 37.4. The van der Waals surface area contributed by atoms with Crippen LogP contribution in [0.2, 0.25) is 0 Å². The third kappa shape index (κ3) is 15.9. The molecule has 0 saturated carbocycles. The number of carbonyl (C=O) groups is 2. The second kappa shape index (κ2) is 24.4. The average molecular weight is 1140 g/mol. The van der Waals surface area contributed by atoms with Crippen molar-refractivity contribution < 1.29 is 63.3 Å². The number of anilines is 2. The Morgan fingerprint density at radius 2 is 0.963 bits per heavy atom. The molecule has 2 aromatic carbocycles. The highest BCUT2D eigenvalue weighted by Gasteiger charge is 2.34. The van der Waals surface area contributed by atoms with E-state index >= 15 is 0 Å². The number of pyridine rings is 2. The van der Waals surface area contributed by atoms with E-state index in [1.807, 2.05) is 116 Å². The predicted octanol–water partition coefficient (Wildman–Crippen LogP) is 9.82. The Morgan fingerprint density at radius 1 is 0.588 bits per heavy atom. The molecule has 0 aliphatic carbocycles. The van der Waals surface area contributed by atoms with Crippen molar-refractivity contribution in [3.63, 3.8) is 0 Å². The molecule has 4 aromatic heterocycles. The van der Waals surface area contributed by atoms with Crippen molar-refractivity contribution in [2.45, 2.75) is 143 Å². The number of esters is 1. The number of rotatable bonds is 20.